The summed E-state index contributed by atoms with van der Waals surface area (Å²) in [6, 6.07) is 8.97. The maximum Gasteiger partial charge on any atom is 0.123 e. The van der Waals surface area contributed by atoms with Crippen molar-refractivity contribution in [2.45, 2.75) is 51.1 Å². The lowest BCUT2D eigenvalue weighted by Gasteiger charge is -2.31. The van der Waals surface area contributed by atoms with Crippen molar-refractivity contribution in [3.63, 3.8) is 0 Å². The van der Waals surface area contributed by atoms with E-state index >= 15 is 0 Å². The standard InChI is InChI=1S/C18H28N2O/c19-14-16-7-2-4-9-18(16)21-13-5-11-20-12-10-15-6-1-3-8-17(15)20/h2,4,7,9,15,17H,1,3,5-6,8,10-14,19H2. The third-order valence-electron chi connectivity index (χ3n) is 5.16. The second-order valence-electron chi connectivity index (χ2n) is 6.45. The quantitative estimate of drug-likeness (QED) is 0.817. The maximum absolute atomic E-state index is 5.92. The third-order valence-corrected chi connectivity index (χ3v) is 5.16. The molecule has 1 aromatic rings. The van der Waals surface area contributed by atoms with Crippen LogP contribution < -0.4 is 10.5 Å². The molecule has 1 saturated heterocycles. The molecule has 0 amide bonds. The molecule has 3 nitrogen and oxygen atoms in total. The normalized spacial score (nSPS) is 25.8. The van der Waals surface area contributed by atoms with Crippen molar-refractivity contribution >= 4 is 0 Å². The van der Waals surface area contributed by atoms with Crippen LogP contribution in [0.1, 0.15) is 44.1 Å². The molecule has 2 atom stereocenters. The molecular weight excluding hydrogens is 260 g/mol. The molecule has 3 rings (SSSR count). The fourth-order valence-corrected chi connectivity index (χ4v) is 4.04. The van der Waals surface area contributed by atoms with Crippen molar-refractivity contribution in [3.8, 4) is 5.75 Å². The fourth-order valence-electron chi connectivity index (χ4n) is 4.04. The van der Waals surface area contributed by atoms with E-state index in [1.807, 2.05) is 24.3 Å². The molecule has 2 N–H and O–H groups in total. The van der Waals surface area contributed by atoms with Crippen LogP contribution in [0.25, 0.3) is 0 Å². The molecule has 1 aromatic carbocycles. The molecule has 0 radical (unpaired) electrons. The number of benzene rings is 1. The Kier molecular flexibility index (Phi) is 5.15. The number of nitrogens with zero attached hydrogens (tertiary/aromatic N) is 1. The monoisotopic (exact) mass is 288 g/mol. The van der Waals surface area contributed by atoms with Crippen LogP contribution in [0, 0.1) is 5.92 Å². The number of nitrogens with two attached hydrogens (primary N) is 1. The van der Waals surface area contributed by atoms with E-state index in [2.05, 4.69) is 4.90 Å². The van der Waals surface area contributed by atoms with Crippen LogP contribution in [-0.2, 0) is 6.54 Å². The molecule has 0 bridgehead atoms. The predicted octanol–water partition coefficient (Wildman–Crippen LogP) is 3.18. The van der Waals surface area contributed by atoms with Gasteiger partial charge in [-0.15, -0.1) is 0 Å². The molecule has 3 heteroatoms. The van der Waals surface area contributed by atoms with Gasteiger partial charge in [0, 0.05) is 24.7 Å². The molecule has 1 heterocycles. The van der Waals surface area contributed by atoms with Crippen LogP contribution in [0.4, 0.5) is 0 Å². The fraction of sp³-hybridized carbons (Fsp3) is 0.667. The maximum atomic E-state index is 5.92. The summed E-state index contributed by atoms with van der Waals surface area (Å²) in [7, 11) is 0. The molecule has 21 heavy (non-hydrogen) atoms. The van der Waals surface area contributed by atoms with Crippen molar-refractivity contribution in [3.05, 3.63) is 29.8 Å². The molecule has 116 valence electrons. The van der Waals surface area contributed by atoms with Gasteiger partial charge in [-0.2, -0.15) is 0 Å². The van der Waals surface area contributed by atoms with E-state index in [0.29, 0.717) is 6.54 Å². The van der Waals surface area contributed by atoms with Crippen molar-refractivity contribution in [2.75, 3.05) is 19.7 Å². The van der Waals surface area contributed by atoms with Crippen LogP contribution in [-0.4, -0.2) is 30.6 Å². The third kappa shape index (κ3) is 3.58. The number of fused-ring (bicyclic) bond motifs is 1. The molecule has 1 aliphatic carbocycles. The summed E-state index contributed by atoms with van der Waals surface area (Å²) in [6.07, 6.45) is 8.29. The van der Waals surface area contributed by atoms with Crippen molar-refractivity contribution in [1.29, 1.82) is 0 Å². The van der Waals surface area contributed by atoms with Crippen LogP contribution in [0.15, 0.2) is 24.3 Å². The molecule has 1 aliphatic heterocycles. The van der Waals surface area contributed by atoms with Crippen molar-refractivity contribution < 1.29 is 4.74 Å². The zero-order chi connectivity index (χ0) is 14.5. The lowest BCUT2D eigenvalue weighted by Crippen LogP contribution is -2.35. The largest absolute Gasteiger partial charge is 0.493 e. The lowest BCUT2D eigenvalue weighted by atomic mass is 9.85. The predicted molar refractivity (Wildman–Crippen MR) is 86.4 cm³/mol. The zero-order valence-electron chi connectivity index (χ0n) is 13.0. The molecule has 2 unspecified atom stereocenters. The molecule has 1 saturated carbocycles. The van der Waals surface area contributed by atoms with E-state index in [4.69, 9.17) is 10.5 Å². The van der Waals surface area contributed by atoms with Gasteiger partial charge in [0.2, 0.25) is 0 Å². The minimum atomic E-state index is 0.548. The van der Waals surface area contributed by atoms with E-state index in [9.17, 15) is 0 Å². The average Bonchev–Trinajstić information content (AvgIpc) is 2.95. The minimum Gasteiger partial charge on any atom is -0.493 e. The van der Waals surface area contributed by atoms with Crippen LogP contribution >= 0.6 is 0 Å². The van der Waals surface area contributed by atoms with Crippen LogP contribution in [0.3, 0.4) is 0 Å². The summed E-state index contributed by atoms with van der Waals surface area (Å²) < 4.78 is 5.92. The van der Waals surface area contributed by atoms with Gasteiger partial charge in [-0.1, -0.05) is 31.0 Å². The van der Waals surface area contributed by atoms with E-state index < -0.39 is 0 Å². The topological polar surface area (TPSA) is 38.5 Å². The van der Waals surface area contributed by atoms with E-state index in [1.54, 1.807) is 0 Å². The summed E-state index contributed by atoms with van der Waals surface area (Å²) in [5.74, 6) is 1.94. The van der Waals surface area contributed by atoms with Gasteiger partial charge in [-0.25, -0.2) is 0 Å². The highest BCUT2D eigenvalue weighted by Crippen LogP contribution is 2.36. The summed E-state index contributed by atoms with van der Waals surface area (Å²) in [5.41, 5.74) is 6.84. The highest BCUT2D eigenvalue weighted by atomic mass is 16.5. The Morgan fingerprint density at radius 1 is 1.14 bits per heavy atom. The first-order chi connectivity index (χ1) is 10.4. The number of para-hydroxylation sites is 1. The lowest BCUT2D eigenvalue weighted by molar-refractivity contribution is 0.170. The zero-order valence-corrected chi connectivity index (χ0v) is 13.0. The van der Waals surface area contributed by atoms with Crippen molar-refractivity contribution in [2.24, 2.45) is 11.7 Å². The molecule has 0 aromatic heterocycles. The Morgan fingerprint density at radius 3 is 2.90 bits per heavy atom. The molecule has 2 fully saturated rings. The van der Waals surface area contributed by atoms with Gasteiger partial charge in [-0.05, 0) is 44.2 Å². The Balaban J connectivity index is 1.42. The van der Waals surface area contributed by atoms with Crippen LogP contribution in [0.2, 0.25) is 0 Å². The number of hydrogen-bond donors (Lipinski definition) is 1. The number of hydrogen-bond acceptors (Lipinski definition) is 3. The van der Waals surface area contributed by atoms with E-state index in [1.165, 1.54) is 45.2 Å². The van der Waals surface area contributed by atoms with E-state index in [-0.39, 0.29) is 0 Å². The number of ether oxygens (including phenoxy) is 1. The first kappa shape index (κ1) is 14.9. The van der Waals surface area contributed by atoms with Gasteiger partial charge in [0.05, 0.1) is 6.61 Å². The first-order valence-corrected chi connectivity index (χ1v) is 8.53. The van der Waals surface area contributed by atoms with E-state index in [0.717, 1.165) is 36.3 Å². The second kappa shape index (κ2) is 7.28. The Hall–Kier alpha value is -1.06. The highest BCUT2D eigenvalue weighted by molar-refractivity contribution is 5.32. The number of rotatable bonds is 6. The molecule has 0 spiro atoms. The highest BCUT2D eigenvalue weighted by Gasteiger charge is 2.34. The smallest absolute Gasteiger partial charge is 0.123 e. The van der Waals surface area contributed by atoms with Crippen LogP contribution in [0.5, 0.6) is 5.75 Å². The molecule has 2 aliphatic rings. The summed E-state index contributed by atoms with van der Waals surface area (Å²) in [5, 5.41) is 0. The summed E-state index contributed by atoms with van der Waals surface area (Å²) >= 11 is 0. The van der Waals surface area contributed by atoms with Gasteiger partial charge >= 0.3 is 0 Å². The van der Waals surface area contributed by atoms with Crippen molar-refractivity contribution in [1.82, 2.24) is 4.90 Å². The Morgan fingerprint density at radius 2 is 2.00 bits per heavy atom. The van der Waals surface area contributed by atoms with Gasteiger partial charge < -0.3 is 10.5 Å². The molecular formula is C18H28N2O. The summed E-state index contributed by atoms with van der Waals surface area (Å²) in [4.78, 5) is 2.71. The van der Waals surface area contributed by atoms with Gasteiger partial charge in [0.1, 0.15) is 5.75 Å². The van der Waals surface area contributed by atoms with Gasteiger partial charge in [0.25, 0.3) is 0 Å². The second-order valence-corrected chi connectivity index (χ2v) is 6.45. The number of likely N-dealkylation sites (tertiary alicyclic amines) is 1. The van der Waals surface area contributed by atoms with Gasteiger partial charge in [0.15, 0.2) is 0 Å². The first-order valence-electron chi connectivity index (χ1n) is 8.53. The SMILES string of the molecule is NCc1ccccc1OCCCN1CCC2CCCCC21. The minimum absolute atomic E-state index is 0.548. The van der Waals surface area contributed by atoms with Gasteiger partial charge in [-0.3, -0.25) is 4.90 Å². The Bertz CT molecular complexity index is 449. The Labute approximate surface area is 128 Å². The summed E-state index contributed by atoms with van der Waals surface area (Å²) in [6.45, 7) is 3.83. The average molecular weight is 288 g/mol.